The number of nitrogens with two attached hydrogens (primary N) is 1. The van der Waals surface area contributed by atoms with E-state index in [4.69, 9.17) is 15.0 Å². The largest absolute Gasteiger partial charge is 0.383 e. The normalized spacial score (nSPS) is 19.0. The van der Waals surface area contributed by atoms with E-state index in [0.29, 0.717) is 18.9 Å². The molecule has 2 unspecified atom stereocenters. The Kier molecular flexibility index (Phi) is 3.80. The van der Waals surface area contributed by atoms with Crippen molar-refractivity contribution in [2.45, 2.75) is 31.2 Å². The van der Waals surface area contributed by atoms with Crippen LogP contribution in [0.4, 0.5) is 0 Å². The van der Waals surface area contributed by atoms with Crippen LogP contribution in [0, 0.1) is 0 Å². The van der Waals surface area contributed by atoms with Crippen molar-refractivity contribution < 1.29 is 9.26 Å². The summed E-state index contributed by atoms with van der Waals surface area (Å²) in [6, 6.07) is 8.35. The summed E-state index contributed by atoms with van der Waals surface area (Å²) in [7, 11) is 1.63. The molecule has 2 N–H and O–H groups in total. The van der Waals surface area contributed by atoms with Crippen LogP contribution in [-0.4, -0.2) is 29.9 Å². The Hall–Kier alpha value is -1.72. The molecular formula is C15H19N3O2. The minimum absolute atomic E-state index is 0.107. The van der Waals surface area contributed by atoms with Gasteiger partial charge in [-0.15, -0.1) is 0 Å². The van der Waals surface area contributed by atoms with Crippen molar-refractivity contribution in [3.05, 3.63) is 47.1 Å². The summed E-state index contributed by atoms with van der Waals surface area (Å²) in [4.78, 5) is 4.50. The molecule has 5 heteroatoms. The fourth-order valence-corrected chi connectivity index (χ4v) is 2.82. The summed E-state index contributed by atoms with van der Waals surface area (Å²) in [5.74, 6) is 1.62. The molecule has 2 aromatic rings. The number of nitrogens with zero attached hydrogens (tertiary/aromatic N) is 2. The Bertz CT molecular complexity index is 582. The maximum Gasteiger partial charge on any atom is 0.228 e. The average molecular weight is 273 g/mol. The minimum atomic E-state index is -0.107. The maximum atomic E-state index is 5.90. The lowest BCUT2D eigenvalue weighted by Crippen LogP contribution is -2.28. The smallest absolute Gasteiger partial charge is 0.228 e. The molecule has 0 aliphatic heterocycles. The van der Waals surface area contributed by atoms with Crippen LogP contribution in [0.3, 0.4) is 0 Å². The molecule has 0 spiro atoms. The molecule has 0 radical (unpaired) electrons. The molecule has 1 aromatic heterocycles. The maximum absolute atomic E-state index is 5.90. The van der Waals surface area contributed by atoms with Gasteiger partial charge in [0.25, 0.3) is 0 Å². The minimum Gasteiger partial charge on any atom is -0.383 e. The van der Waals surface area contributed by atoms with E-state index < -0.39 is 0 Å². The van der Waals surface area contributed by atoms with Gasteiger partial charge >= 0.3 is 0 Å². The molecule has 0 bridgehead atoms. The summed E-state index contributed by atoms with van der Waals surface area (Å²) in [6.07, 6.45) is 2.67. The van der Waals surface area contributed by atoms with Crippen LogP contribution in [0.25, 0.3) is 0 Å². The average Bonchev–Trinajstić information content (AvgIpc) is 3.05. The molecule has 3 rings (SSSR count). The molecule has 20 heavy (non-hydrogen) atoms. The van der Waals surface area contributed by atoms with Gasteiger partial charge in [0, 0.05) is 25.5 Å². The van der Waals surface area contributed by atoms with Crippen LogP contribution in [0.1, 0.15) is 35.2 Å². The first-order chi connectivity index (χ1) is 9.78. The van der Waals surface area contributed by atoms with Crippen molar-refractivity contribution in [2.24, 2.45) is 5.73 Å². The second-order valence-corrected chi connectivity index (χ2v) is 5.26. The summed E-state index contributed by atoms with van der Waals surface area (Å²) in [6.45, 7) is 0.490. The second kappa shape index (κ2) is 5.73. The van der Waals surface area contributed by atoms with Crippen LogP contribution in [0.2, 0.25) is 0 Å². The van der Waals surface area contributed by atoms with Gasteiger partial charge in [0.1, 0.15) is 0 Å². The lowest BCUT2D eigenvalue weighted by Gasteiger charge is -2.06. The van der Waals surface area contributed by atoms with E-state index in [1.54, 1.807) is 7.11 Å². The zero-order valence-electron chi connectivity index (χ0n) is 11.6. The highest BCUT2D eigenvalue weighted by Gasteiger charge is 2.27. The number of ether oxygens (including phenoxy) is 1. The van der Waals surface area contributed by atoms with Crippen LogP contribution in [0.5, 0.6) is 0 Å². The Morgan fingerprint density at radius 2 is 2.30 bits per heavy atom. The van der Waals surface area contributed by atoms with Crippen LogP contribution in [-0.2, 0) is 17.6 Å². The first-order valence-electron chi connectivity index (χ1n) is 6.92. The van der Waals surface area contributed by atoms with E-state index >= 15 is 0 Å². The van der Waals surface area contributed by atoms with E-state index in [2.05, 4.69) is 34.4 Å². The number of aryl methyl sites for hydroxylation is 1. The third kappa shape index (κ3) is 2.59. The zero-order chi connectivity index (χ0) is 13.9. The predicted octanol–water partition coefficient (Wildman–Crippen LogP) is 1.66. The summed E-state index contributed by atoms with van der Waals surface area (Å²) < 4.78 is 10.3. The quantitative estimate of drug-likeness (QED) is 0.897. The highest BCUT2D eigenvalue weighted by atomic mass is 16.5. The topological polar surface area (TPSA) is 74.2 Å². The highest BCUT2D eigenvalue weighted by Crippen LogP contribution is 2.36. The third-order valence-electron chi connectivity index (χ3n) is 3.75. The van der Waals surface area contributed by atoms with Gasteiger partial charge in [0.2, 0.25) is 5.89 Å². The zero-order valence-corrected chi connectivity index (χ0v) is 11.6. The van der Waals surface area contributed by atoms with E-state index in [9.17, 15) is 0 Å². The highest BCUT2D eigenvalue weighted by molar-refractivity contribution is 5.38. The van der Waals surface area contributed by atoms with Gasteiger partial charge < -0.3 is 15.0 Å². The van der Waals surface area contributed by atoms with Crippen molar-refractivity contribution in [1.29, 1.82) is 0 Å². The number of aromatic nitrogens is 2. The van der Waals surface area contributed by atoms with Gasteiger partial charge in [-0.25, -0.2) is 0 Å². The van der Waals surface area contributed by atoms with E-state index in [1.165, 1.54) is 11.1 Å². The Balaban J connectivity index is 1.75. The third-order valence-corrected chi connectivity index (χ3v) is 3.75. The monoisotopic (exact) mass is 273 g/mol. The van der Waals surface area contributed by atoms with E-state index in [-0.39, 0.29) is 12.0 Å². The van der Waals surface area contributed by atoms with Crippen LogP contribution < -0.4 is 5.73 Å². The molecular weight excluding hydrogens is 254 g/mol. The van der Waals surface area contributed by atoms with Gasteiger partial charge in [0.05, 0.1) is 6.61 Å². The Morgan fingerprint density at radius 3 is 3.15 bits per heavy atom. The van der Waals surface area contributed by atoms with E-state index in [1.807, 2.05) is 0 Å². The number of methoxy groups -OCH3 is 1. The van der Waals surface area contributed by atoms with Gasteiger partial charge in [0.15, 0.2) is 5.82 Å². The molecule has 2 atom stereocenters. The summed E-state index contributed by atoms with van der Waals surface area (Å²) >= 11 is 0. The van der Waals surface area contributed by atoms with Gasteiger partial charge in [-0.1, -0.05) is 29.4 Å². The van der Waals surface area contributed by atoms with Crippen molar-refractivity contribution in [3.8, 4) is 0 Å². The predicted molar refractivity (Wildman–Crippen MR) is 74.5 cm³/mol. The first kappa shape index (κ1) is 13.3. The standard InChI is InChI=1S/C15H19N3O2/c1-19-9-11(16)8-14-17-15(18-20-14)13-7-6-10-4-2-3-5-12(10)13/h2-5,11,13H,6-9,16H2,1H3. The summed E-state index contributed by atoms with van der Waals surface area (Å²) in [5.41, 5.74) is 8.61. The lowest BCUT2D eigenvalue weighted by molar-refractivity contribution is 0.176. The Morgan fingerprint density at radius 1 is 1.45 bits per heavy atom. The van der Waals surface area contributed by atoms with Crippen molar-refractivity contribution in [2.75, 3.05) is 13.7 Å². The van der Waals surface area contributed by atoms with Crippen molar-refractivity contribution in [1.82, 2.24) is 10.1 Å². The molecule has 0 amide bonds. The van der Waals surface area contributed by atoms with Crippen LogP contribution >= 0.6 is 0 Å². The molecule has 0 saturated carbocycles. The fourth-order valence-electron chi connectivity index (χ4n) is 2.82. The summed E-state index contributed by atoms with van der Waals surface area (Å²) in [5, 5.41) is 4.13. The SMILES string of the molecule is COCC(N)Cc1nc(C2CCc3ccccc32)no1. The first-order valence-corrected chi connectivity index (χ1v) is 6.92. The molecule has 1 aromatic carbocycles. The molecule has 106 valence electrons. The lowest BCUT2D eigenvalue weighted by atomic mass is 10.0. The number of benzene rings is 1. The molecule has 0 fully saturated rings. The molecule has 0 saturated heterocycles. The number of fused-ring (bicyclic) bond motifs is 1. The number of hydrogen-bond acceptors (Lipinski definition) is 5. The second-order valence-electron chi connectivity index (χ2n) is 5.26. The fraction of sp³-hybridized carbons (Fsp3) is 0.467. The molecule has 5 nitrogen and oxygen atoms in total. The van der Waals surface area contributed by atoms with Gasteiger partial charge in [-0.05, 0) is 24.0 Å². The number of hydrogen-bond donors (Lipinski definition) is 1. The van der Waals surface area contributed by atoms with Gasteiger partial charge in [-0.3, -0.25) is 0 Å². The van der Waals surface area contributed by atoms with Crippen molar-refractivity contribution >= 4 is 0 Å². The molecule has 1 aliphatic rings. The van der Waals surface area contributed by atoms with Crippen molar-refractivity contribution in [3.63, 3.8) is 0 Å². The Labute approximate surface area is 118 Å². The molecule has 1 heterocycles. The van der Waals surface area contributed by atoms with Crippen LogP contribution in [0.15, 0.2) is 28.8 Å². The van der Waals surface area contributed by atoms with Gasteiger partial charge in [-0.2, -0.15) is 4.98 Å². The molecule has 1 aliphatic carbocycles. The number of rotatable bonds is 5. The van der Waals surface area contributed by atoms with E-state index in [0.717, 1.165) is 18.7 Å².